The molecule has 0 spiro atoms. The molecule has 1 saturated carbocycles. The summed E-state index contributed by atoms with van der Waals surface area (Å²) in [7, 11) is 0. The number of benzene rings is 2. The zero-order chi connectivity index (χ0) is 26.1. The lowest BCUT2D eigenvalue weighted by Gasteiger charge is -2.34. The number of hydrogen-bond acceptors (Lipinski definition) is 6. The van der Waals surface area contributed by atoms with Gasteiger partial charge in [-0.25, -0.2) is 15.0 Å². The van der Waals surface area contributed by atoms with E-state index in [1.165, 1.54) is 6.92 Å². The Morgan fingerprint density at radius 3 is 2.66 bits per heavy atom. The van der Waals surface area contributed by atoms with Crippen molar-refractivity contribution in [2.45, 2.75) is 25.7 Å². The van der Waals surface area contributed by atoms with E-state index in [0.29, 0.717) is 24.2 Å². The number of imidazole rings is 1. The summed E-state index contributed by atoms with van der Waals surface area (Å²) in [4.78, 5) is 25.5. The number of aromatic nitrogens is 4. The molecule has 3 heterocycles. The first-order valence-corrected chi connectivity index (χ1v) is 13.1. The zero-order valence-corrected chi connectivity index (χ0v) is 21.4. The highest BCUT2D eigenvalue weighted by molar-refractivity contribution is 5.91. The molecule has 38 heavy (non-hydrogen) atoms. The van der Waals surface area contributed by atoms with Crippen molar-refractivity contribution in [1.29, 1.82) is 0 Å². The monoisotopic (exact) mass is 505 g/mol. The third-order valence-corrected chi connectivity index (χ3v) is 7.36. The number of nitrogens with one attached hydrogen (secondary N) is 2. The van der Waals surface area contributed by atoms with E-state index in [4.69, 9.17) is 15.7 Å². The van der Waals surface area contributed by atoms with Crippen molar-refractivity contribution in [2.24, 2.45) is 5.92 Å². The fourth-order valence-corrected chi connectivity index (χ4v) is 5.36. The van der Waals surface area contributed by atoms with Crippen LogP contribution in [0, 0.1) is 5.92 Å². The average molecular weight is 506 g/mol. The Hall–Kier alpha value is -4.30. The fraction of sp³-hybridized carbons (Fsp3) is 0.267. The van der Waals surface area contributed by atoms with Gasteiger partial charge in [0.05, 0.1) is 11.2 Å². The number of nitrogens with zero attached hydrogens (tertiary/aromatic N) is 4. The second-order valence-corrected chi connectivity index (χ2v) is 10.0. The van der Waals surface area contributed by atoms with Crippen molar-refractivity contribution < 1.29 is 4.79 Å². The Labute approximate surface area is 221 Å². The second-order valence-electron chi connectivity index (χ2n) is 10.0. The van der Waals surface area contributed by atoms with Gasteiger partial charge in [-0.3, -0.25) is 9.20 Å². The van der Waals surface area contributed by atoms with E-state index in [9.17, 15) is 4.79 Å². The van der Waals surface area contributed by atoms with Crippen LogP contribution in [0.3, 0.4) is 0 Å². The van der Waals surface area contributed by atoms with Gasteiger partial charge in [0, 0.05) is 54.8 Å². The SMILES string of the molecule is CC(=O)NCCNC[C@H]1C[C@@H](c2nc(-c3ccc4ccc(-c5ccccc5)nc4c3)c3c(N)nccn32)C1. The standard InChI is InChI=1S/C30H31N7O/c1-19(38)33-12-11-32-18-20-15-24(16-20)30-36-27(28-29(31)34-13-14-37(28)30)23-8-7-22-9-10-25(35-26(22)17-23)21-5-3-2-4-6-21/h2-10,13-14,17,20,24,32H,11-12,15-16,18H2,1H3,(H2,31,34)(H,33,38)/t20-,24+. The van der Waals surface area contributed by atoms with Crippen LogP contribution in [0.1, 0.15) is 31.5 Å². The summed E-state index contributed by atoms with van der Waals surface area (Å²) in [5.41, 5.74) is 12.0. The molecule has 3 aromatic heterocycles. The molecule has 0 aliphatic heterocycles. The number of amides is 1. The van der Waals surface area contributed by atoms with Gasteiger partial charge in [-0.1, -0.05) is 48.5 Å². The first kappa shape index (κ1) is 24.1. The number of carbonyl (C=O) groups is 1. The highest BCUT2D eigenvalue weighted by Gasteiger charge is 2.34. The number of carbonyl (C=O) groups excluding carboxylic acids is 1. The molecule has 1 aliphatic carbocycles. The van der Waals surface area contributed by atoms with Gasteiger partial charge in [0.25, 0.3) is 0 Å². The molecule has 0 bridgehead atoms. The molecule has 4 N–H and O–H groups in total. The Balaban J connectivity index is 1.27. The number of nitrogen functional groups attached to an aromatic ring is 1. The van der Waals surface area contributed by atoms with Gasteiger partial charge in [-0.05, 0) is 37.4 Å². The van der Waals surface area contributed by atoms with Crippen LogP contribution in [-0.2, 0) is 4.79 Å². The van der Waals surface area contributed by atoms with Crippen LogP contribution in [0.15, 0.2) is 73.1 Å². The van der Waals surface area contributed by atoms with Gasteiger partial charge in [-0.2, -0.15) is 0 Å². The minimum Gasteiger partial charge on any atom is -0.382 e. The minimum atomic E-state index is 0.00471. The summed E-state index contributed by atoms with van der Waals surface area (Å²) in [6.07, 6.45) is 5.83. The number of hydrogen-bond donors (Lipinski definition) is 3. The van der Waals surface area contributed by atoms with E-state index in [1.807, 2.05) is 24.4 Å². The number of pyridine rings is 1. The lowest BCUT2D eigenvalue weighted by molar-refractivity contribution is -0.118. The van der Waals surface area contributed by atoms with Crippen LogP contribution < -0.4 is 16.4 Å². The van der Waals surface area contributed by atoms with Crippen LogP contribution in [-0.4, -0.2) is 44.9 Å². The molecule has 6 rings (SSSR count). The molecule has 2 aromatic carbocycles. The van der Waals surface area contributed by atoms with Crippen LogP contribution in [0.5, 0.6) is 0 Å². The Morgan fingerprint density at radius 1 is 1.03 bits per heavy atom. The quantitative estimate of drug-likeness (QED) is 0.270. The molecule has 1 fully saturated rings. The van der Waals surface area contributed by atoms with Gasteiger partial charge < -0.3 is 16.4 Å². The highest BCUT2D eigenvalue weighted by atomic mass is 16.1. The number of rotatable bonds is 8. The third kappa shape index (κ3) is 4.70. The molecule has 192 valence electrons. The van der Waals surface area contributed by atoms with Gasteiger partial charge in [0.2, 0.25) is 5.91 Å². The summed E-state index contributed by atoms with van der Waals surface area (Å²) in [5, 5.41) is 7.35. The molecule has 0 saturated heterocycles. The molecule has 0 unspecified atom stereocenters. The lowest BCUT2D eigenvalue weighted by Crippen LogP contribution is -2.36. The predicted octanol–water partition coefficient (Wildman–Crippen LogP) is 4.41. The molecule has 5 aromatic rings. The number of anilines is 1. The van der Waals surface area contributed by atoms with Crippen LogP contribution in [0.2, 0.25) is 0 Å². The van der Waals surface area contributed by atoms with Crippen molar-refractivity contribution >= 4 is 28.1 Å². The summed E-state index contributed by atoms with van der Waals surface area (Å²) in [6, 6.07) is 20.7. The van der Waals surface area contributed by atoms with Crippen LogP contribution in [0.4, 0.5) is 5.82 Å². The lowest BCUT2D eigenvalue weighted by atomic mass is 9.74. The highest BCUT2D eigenvalue weighted by Crippen LogP contribution is 2.43. The van der Waals surface area contributed by atoms with Crippen molar-refractivity contribution in [3.63, 3.8) is 0 Å². The molecular formula is C30H31N7O. The summed E-state index contributed by atoms with van der Waals surface area (Å²) >= 11 is 0. The van der Waals surface area contributed by atoms with Crippen LogP contribution >= 0.6 is 0 Å². The smallest absolute Gasteiger partial charge is 0.216 e. The molecular weight excluding hydrogens is 474 g/mol. The molecule has 0 atom stereocenters. The van der Waals surface area contributed by atoms with E-state index < -0.39 is 0 Å². The van der Waals surface area contributed by atoms with Gasteiger partial charge in [0.1, 0.15) is 22.9 Å². The molecule has 8 heteroatoms. The average Bonchev–Trinajstić information content (AvgIpc) is 3.29. The van der Waals surface area contributed by atoms with E-state index in [-0.39, 0.29) is 5.91 Å². The molecule has 0 radical (unpaired) electrons. The van der Waals surface area contributed by atoms with Crippen molar-refractivity contribution in [1.82, 2.24) is 30.0 Å². The molecule has 1 aliphatic rings. The maximum Gasteiger partial charge on any atom is 0.216 e. The minimum absolute atomic E-state index is 0.00471. The summed E-state index contributed by atoms with van der Waals surface area (Å²) in [6.45, 7) is 3.91. The maximum absolute atomic E-state index is 11.0. The Kier molecular flexibility index (Phi) is 6.47. The maximum atomic E-state index is 11.0. The van der Waals surface area contributed by atoms with Crippen molar-refractivity contribution in [2.75, 3.05) is 25.4 Å². The number of fused-ring (bicyclic) bond motifs is 2. The van der Waals surface area contributed by atoms with Crippen molar-refractivity contribution in [3.05, 3.63) is 78.9 Å². The normalized spacial score (nSPS) is 17.0. The summed E-state index contributed by atoms with van der Waals surface area (Å²) < 4.78 is 2.11. The summed E-state index contributed by atoms with van der Waals surface area (Å²) in [5.74, 6) is 2.47. The first-order valence-electron chi connectivity index (χ1n) is 13.1. The molecule has 1 amide bonds. The van der Waals surface area contributed by atoms with E-state index >= 15 is 0 Å². The van der Waals surface area contributed by atoms with E-state index in [0.717, 1.165) is 70.7 Å². The third-order valence-electron chi connectivity index (χ3n) is 7.36. The fourth-order valence-electron chi connectivity index (χ4n) is 5.36. The van der Waals surface area contributed by atoms with E-state index in [1.54, 1.807) is 6.20 Å². The van der Waals surface area contributed by atoms with Gasteiger partial charge in [0.15, 0.2) is 0 Å². The van der Waals surface area contributed by atoms with Crippen LogP contribution in [0.25, 0.3) is 38.9 Å². The van der Waals surface area contributed by atoms with Crippen molar-refractivity contribution in [3.8, 4) is 22.5 Å². The number of nitrogens with two attached hydrogens (primary N) is 1. The predicted molar refractivity (Wildman–Crippen MR) is 151 cm³/mol. The van der Waals surface area contributed by atoms with Gasteiger partial charge >= 0.3 is 0 Å². The Morgan fingerprint density at radius 2 is 1.84 bits per heavy atom. The zero-order valence-electron chi connectivity index (χ0n) is 21.4. The molecule has 8 nitrogen and oxygen atoms in total. The van der Waals surface area contributed by atoms with E-state index in [2.05, 4.69) is 62.5 Å². The van der Waals surface area contributed by atoms with Gasteiger partial charge in [-0.15, -0.1) is 0 Å². The first-order chi connectivity index (χ1) is 18.6. The Bertz CT molecular complexity index is 1610. The second kappa shape index (κ2) is 10.2. The largest absolute Gasteiger partial charge is 0.382 e. The topological polar surface area (TPSA) is 110 Å².